The van der Waals surface area contributed by atoms with E-state index < -0.39 is 0 Å². The fraction of sp³-hybridized carbons (Fsp3) is 0. The van der Waals surface area contributed by atoms with E-state index in [9.17, 15) is 5.26 Å². The molecule has 0 N–H and O–H groups in total. The second kappa shape index (κ2) is 12.1. The van der Waals surface area contributed by atoms with Crippen LogP contribution >= 0.6 is 0 Å². The van der Waals surface area contributed by atoms with Gasteiger partial charge in [0.1, 0.15) is 0 Å². The second-order valence-corrected chi connectivity index (χ2v) is 11.3. The first kappa shape index (κ1) is 28.5. The van der Waals surface area contributed by atoms with E-state index in [1.807, 2.05) is 140 Å². The van der Waals surface area contributed by atoms with Crippen LogP contribution in [0.3, 0.4) is 0 Å². The number of aromatic nitrogens is 4. The highest BCUT2D eigenvalue weighted by molar-refractivity contribution is 5.93. The Morgan fingerprint density at radius 1 is 0.438 bits per heavy atom. The monoisotopic (exact) mass is 612 g/mol. The summed E-state index contributed by atoms with van der Waals surface area (Å²) in [6, 6.07) is 49.3. The molecule has 0 radical (unpaired) electrons. The van der Waals surface area contributed by atoms with Crippen molar-refractivity contribution >= 4 is 27.8 Å². The number of nitrogens with zero attached hydrogens (tertiary/aromatic N) is 6. The largest absolute Gasteiger partial charge is 0.245 e. The second-order valence-electron chi connectivity index (χ2n) is 11.3. The lowest BCUT2D eigenvalue weighted by Crippen LogP contribution is -1.98. The summed E-state index contributed by atoms with van der Waals surface area (Å²) in [5.74, 6) is 0. The summed E-state index contributed by atoms with van der Waals surface area (Å²) in [5, 5.41) is 9.91. The highest BCUT2D eigenvalue weighted by Gasteiger charge is 2.18. The van der Waals surface area contributed by atoms with Gasteiger partial charge in [0.05, 0.1) is 63.0 Å². The van der Waals surface area contributed by atoms with Crippen LogP contribution in [0, 0.1) is 17.9 Å². The smallest absolute Gasteiger partial charge is 0.196 e. The van der Waals surface area contributed by atoms with Crippen molar-refractivity contribution in [3.8, 4) is 62.2 Å². The van der Waals surface area contributed by atoms with E-state index in [1.165, 1.54) is 0 Å². The highest BCUT2D eigenvalue weighted by atomic mass is 14.8. The van der Waals surface area contributed by atoms with Crippen LogP contribution in [-0.2, 0) is 0 Å². The van der Waals surface area contributed by atoms with Crippen molar-refractivity contribution in [3.05, 3.63) is 163 Å². The van der Waals surface area contributed by atoms with Crippen molar-refractivity contribution in [1.82, 2.24) is 19.9 Å². The van der Waals surface area contributed by atoms with Crippen LogP contribution in [0.2, 0.25) is 0 Å². The highest BCUT2D eigenvalue weighted by Crippen LogP contribution is 2.38. The third-order valence-electron chi connectivity index (χ3n) is 8.34. The van der Waals surface area contributed by atoms with Gasteiger partial charge in [-0.3, -0.25) is 0 Å². The summed E-state index contributed by atoms with van der Waals surface area (Å²) < 4.78 is 0. The standard InChI is InChI=1S/C42H24N6/c1-44-34-19-11-10-18-33(34)42-40(28-14-6-3-7-15-28)47-37-24-29(21-23-36(37)46-42)30-20-22-35-38(25-30)48-41(32-17-9-8-16-31(32)26-43)39(45-35)27-12-4-2-5-13-27/h2-25H. The van der Waals surface area contributed by atoms with E-state index in [-0.39, 0.29) is 0 Å². The number of hydrogen-bond acceptors (Lipinski definition) is 5. The number of rotatable bonds is 5. The summed E-state index contributed by atoms with van der Waals surface area (Å²) in [5.41, 5.74) is 12.1. The molecule has 0 saturated carbocycles. The first-order valence-electron chi connectivity index (χ1n) is 15.4. The number of fused-ring (bicyclic) bond motifs is 2. The summed E-state index contributed by atoms with van der Waals surface area (Å²) in [7, 11) is 0. The van der Waals surface area contributed by atoms with Gasteiger partial charge in [-0.05, 0) is 41.5 Å². The lowest BCUT2D eigenvalue weighted by atomic mass is 9.99. The van der Waals surface area contributed by atoms with Gasteiger partial charge in [0.15, 0.2) is 5.69 Å². The average molecular weight is 613 g/mol. The van der Waals surface area contributed by atoms with Crippen LogP contribution in [0.1, 0.15) is 5.56 Å². The SMILES string of the molecule is [C-]#[N+]c1ccccc1-c1nc2ccc(-c3ccc4nc(-c5ccccc5)c(-c5ccccc5C#N)nc4c3)cc2nc1-c1ccccc1. The first-order chi connectivity index (χ1) is 23.7. The van der Waals surface area contributed by atoms with Crippen molar-refractivity contribution in [3.63, 3.8) is 0 Å². The zero-order chi connectivity index (χ0) is 32.5. The fourth-order valence-electron chi connectivity index (χ4n) is 6.00. The molecule has 6 heteroatoms. The molecule has 0 aliphatic carbocycles. The molecule has 2 heterocycles. The van der Waals surface area contributed by atoms with Gasteiger partial charge in [0, 0.05) is 22.3 Å². The van der Waals surface area contributed by atoms with Crippen molar-refractivity contribution in [2.75, 3.05) is 0 Å². The van der Waals surface area contributed by atoms with Gasteiger partial charge in [-0.2, -0.15) is 5.26 Å². The molecule has 8 aromatic rings. The van der Waals surface area contributed by atoms with Gasteiger partial charge in [-0.25, -0.2) is 24.8 Å². The molecule has 0 saturated heterocycles. The van der Waals surface area contributed by atoms with E-state index >= 15 is 0 Å². The van der Waals surface area contributed by atoms with Crippen molar-refractivity contribution in [2.45, 2.75) is 0 Å². The normalized spacial score (nSPS) is 10.9. The maximum atomic E-state index is 9.91. The zero-order valence-electron chi connectivity index (χ0n) is 25.5. The third-order valence-corrected chi connectivity index (χ3v) is 8.34. The predicted octanol–water partition coefficient (Wildman–Crippen LogP) is 10.3. The van der Waals surface area contributed by atoms with Crippen molar-refractivity contribution < 1.29 is 0 Å². The van der Waals surface area contributed by atoms with E-state index in [0.29, 0.717) is 22.6 Å². The van der Waals surface area contributed by atoms with Crippen LogP contribution in [0.5, 0.6) is 0 Å². The molecule has 0 aliphatic rings. The number of hydrogen-bond donors (Lipinski definition) is 0. The summed E-state index contributed by atoms with van der Waals surface area (Å²) in [4.78, 5) is 24.1. The van der Waals surface area contributed by atoms with Gasteiger partial charge < -0.3 is 0 Å². The van der Waals surface area contributed by atoms with Crippen LogP contribution < -0.4 is 0 Å². The Kier molecular flexibility index (Phi) is 7.15. The molecule has 0 unspecified atom stereocenters. The molecular weight excluding hydrogens is 589 g/mol. The fourth-order valence-corrected chi connectivity index (χ4v) is 6.00. The number of benzene rings is 6. The number of nitriles is 1. The molecule has 2 aromatic heterocycles. The Morgan fingerprint density at radius 2 is 0.896 bits per heavy atom. The molecule has 222 valence electrons. The lowest BCUT2D eigenvalue weighted by molar-refractivity contribution is 1.28. The minimum atomic E-state index is 0.532. The van der Waals surface area contributed by atoms with E-state index in [4.69, 9.17) is 26.5 Å². The molecule has 0 bridgehead atoms. The van der Waals surface area contributed by atoms with Crippen LogP contribution in [0.4, 0.5) is 5.69 Å². The molecule has 48 heavy (non-hydrogen) atoms. The molecule has 0 fully saturated rings. The van der Waals surface area contributed by atoms with Crippen molar-refractivity contribution in [2.24, 2.45) is 0 Å². The topological polar surface area (TPSA) is 79.7 Å². The van der Waals surface area contributed by atoms with Gasteiger partial charge >= 0.3 is 0 Å². The Balaban J connectivity index is 1.29. The van der Waals surface area contributed by atoms with Gasteiger partial charge in [0.2, 0.25) is 0 Å². The van der Waals surface area contributed by atoms with Crippen LogP contribution in [0.25, 0.3) is 83.1 Å². The maximum absolute atomic E-state index is 9.91. The minimum absolute atomic E-state index is 0.532. The summed E-state index contributed by atoms with van der Waals surface area (Å²) in [6.45, 7) is 7.74. The summed E-state index contributed by atoms with van der Waals surface area (Å²) in [6.07, 6.45) is 0. The van der Waals surface area contributed by atoms with Crippen molar-refractivity contribution in [1.29, 1.82) is 5.26 Å². The minimum Gasteiger partial charge on any atom is -0.245 e. The van der Waals surface area contributed by atoms with E-state index in [0.717, 1.165) is 66.8 Å². The van der Waals surface area contributed by atoms with Gasteiger partial charge in [0.25, 0.3) is 0 Å². The summed E-state index contributed by atoms with van der Waals surface area (Å²) >= 11 is 0. The maximum Gasteiger partial charge on any atom is 0.196 e. The zero-order valence-corrected chi connectivity index (χ0v) is 25.5. The molecule has 0 spiro atoms. The lowest BCUT2D eigenvalue weighted by Gasteiger charge is -2.13. The van der Waals surface area contributed by atoms with E-state index in [1.54, 1.807) is 6.07 Å². The Bertz CT molecular complexity index is 2580. The van der Waals surface area contributed by atoms with Gasteiger partial charge in [-0.1, -0.05) is 115 Å². The molecular formula is C42H24N6. The molecule has 0 aliphatic heterocycles. The predicted molar refractivity (Wildman–Crippen MR) is 191 cm³/mol. The Labute approximate surface area is 277 Å². The quantitative estimate of drug-likeness (QED) is 0.181. The van der Waals surface area contributed by atoms with Gasteiger partial charge in [-0.15, -0.1) is 0 Å². The molecule has 0 atom stereocenters. The first-order valence-corrected chi connectivity index (χ1v) is 15.4. The molecule has 8 rings (SSSR count). The third kappa shape index (κ3) is 5.10. The van der Waals surface area contributed by atoms with Crippen LogP contribution in [0.15, 0.2) is 146 Å². The van der Waals surface area contributed by atoms with E-state index in [2.05, 4.69) is 10.9 Å². The molecule has 6 aromatic carbocycles. The Hall–Kier alpha value is -7.02. The number of para-hydroxylation sites is 1. The molecule has 6 nitrogen and oxygen atoms in total. The van der Waals surface area contributed by atoms with Crippen LogP contribution in [-0.4, -0.2) is 19.9 Å². The average Bonchev–Trinajstić information content (AvgIpc) is 3.17. The Morgan fingerprint density at radius 3 is 1.48 bits per heavy atom. The molecule has 0 amide bonds.